The SMILES string of the molecule is O=S(=O)(N[C@H]1CC[C@@H](CCn2cc(-c3cccc(F)c3)nn2)O[C@@H]1CO)c1ccccc1. The molecule has 0 bridgehead atoms. The number of nitrogens with zero attached hydrogens (tertiary/aromatic N) is 3. The fourth-order valence-corrected chi connectivity index (χ4v) is 5.13. The number of sulfonamides is 1. The molecule has 2 aromatic carbocycles. The van der Waals surface area contributed by atoms with Gasteiger partial charge in [-0.05, 0) is 43.5 Å². The van der Waals surface area contributed by atoms with E-state index >= 15 is 0 Å². The van der Waals surface area contributed by atoms with Crippen molar-refractivity contribution in [3.8, 4) is 11.3 Å². The van der Waals surface area contributed by atoms with E-state index in [9.17, 15) is 17.9 Å². The van der Waals surface area contributed by atoms with Gasteiger partial charge in [-0.1, -0.05) is 35.5 Å². The van der Waals surface area contributed by atoms with Crippen LogP contribution in [-0.2, 0) is 21.3 Å². The van der Waals surface area contributed by atoms with Gasteiger partial charge in [-0.2, -0.15) is 0 Å². The van der Waals surface area contributed by atoms with E-state index < -0.39 is 22.2 Å². The van der Waals surface area contributed by atoms with Crippen LogP contribution in [0.25, 0.3) is 11.3 Å². The number of rotatable bonds is 8. The molecule has 3 aromatic rings. The molecule has 0 radical (unpaired) electrons. The largest absolute Gasteiger partial charge is 0.394 e. The maximum atomic E-state index is 13.4. The number of aryl methyl sites for hydroxylation is 1. The average molecular weight is 461 g/mol. The minimum absolute atomic E-state index is 0.147. The second-order valence-corrected chi connectivity index (χ2v) is 9.48. The molecule has 0 amide bonds. The van der Waals surface area contributed by atoms with Gasteiger partial charge in [0.05, 0.1) is 35.9 Å². The van der Waals surface area contributed by atoms with Crippen LogP contribution < -0.4 is 4.72 Å². The Kier molecular flexibility index (Phi) is 6.95. The first kappa shape index (κ1) is 22.5. The standard InChI is InChI=1S/C22H25FN4O4S/c23-17-6-4-5-16(13-17)21-14-27(26-24-21)12-11-18-9-10-20(22(15-28)31-18)25-32(29,30)19-7-2-1-3-8-19/h1-8,13-14,18,20,22,25,28H,9-12,15H2/t18-,20-,22+/m0/s1. The quantitative estimate of drug-likeness (QED) is 0.535. The Morgan fingerprint density at radius 1 is 1.16 bits per heavy atom. The second kappa shape index (κ2) is 9.86. The summed E-state index contributed by atoms with van der Waals surface area (Å²) in [5.41, 5.74) is 1.23. The molecule has 32 heavy (non-hydrogen) atoms. The number of aliphatic hydroxyl groups excluding tert-OH is 1. The average Bonchev–Trinajstić information content (AvgIpc) is 3.28. The second-order valence-electron chi connectivity index (χ2n) is 7.76. The van der Waals surface area contributed by atoms with Crippen molar-refractivity contribution in [2.75, 3.05) is 6.61 Å². The zero-order chi connectivity index (χ0) is 22.6. The molecule has 4 rings (SSSR count). The molecular weight excluding hydrogens is 435 g/mol. The van der Waals surface area contributed by atoms with Gasteiger partial charge in [0.2, 0.25) is 10.0 Å². The first-order valence-electron chi connectivity index (χ1n) is 10.4. The minimum Gasteiger partial charge on any atom is -0.394 e. The molecule has 0 unspecified atom stereocenters. The first-order valence-corrected chi connectivity index (χ1v) is 11.9. The highest BCUT2D eigenvalue weighted by Gasteiger charge is 2.33. The van der Waals surface area contributed by atoms with E-state index in [2.05, 4.69) is 15.0 Å². The third kappa shape index (κ3) is 5.39. The molecule has 0 saturated carbocycles. The molecule has 170 valence electrons. The lowest BCUT2D eigenvalue weighted by Gasteiger charge is -2.36. The summed E-state index contributed by atoms with van der Waals surface area (Å²) in [6.07, 6.45) is 2.79. The van der Waals surface area contributed by atoms with Crippen LogP contribution in [-0.4, -0.2) is 53.4 Å². The molecular formula is C22H25FN4O4S. The number of hydrogen-bond donors (Lipinski definition) is 2. The van der Waals surface area contributed by atoms with Crippen LogP contribution >= 0.6 is 0 Å². The maximum absolute atomic E-state index is 13.4. The summed E-state index contributed by atoms with van der Waals surface area (Å²) in [7, 11) is -3.69. The van der Waals surface area contributed by atoms with Gasteiger partial charge in [0.15, 0.2) is 0 Å². The van der Waals surface area contributed by atoms with E-state index in [1.54, 1.807) is 41.2 Å². The topological polar surface area (TPSA) is 106 Å². The van der Waals surface area contributed by atoms with Crippen molar-refractivity contribution in [1.29, 1.82) is 0 Å². The summed E-state index contributed by atoms with van der Waals surface area (Å²) in [6.45, 7) is 0.247. The number of aliphatic hydroxyl groups is 1. The Hall–Kier alpha value is -2.66. The molecule has 1 saturated heterocycles. The van der Waals surface area contributed by atoms with Crippen LogP contribution in [0.15, 0.2) is 65.7 Å². The van der Waals surface area contributed by atoms with Crippen LogP contribution in [0.5, 0.6) is 0 Å². The van der Waals surface area contributed by atoms with Crippen molar-refractivity contribution in [3.05, 3.63) is 66.6 Å². The summed E-state index contributed by atoms with van der Waals surface area (Å²) >= 11 is 0. The normalized spacial score (nSPS) is 21.5. The number of ether oxygens (including phenoxy) is 1. The summed E-state index contributed by atoms with van der Waals surface area (Å²) in [6, 6.07) is 13.8. The van der Waals surface area contributed by atoms with Gasteiger partial charge in [0.1, 0.15) is 11.5 Å². The van der Waals surface area contributed by atoms with Gasteiger partial charge in [0.25, 0.3) is 0 Å². The molecule has 2 heterocycles. The van der Waals surface area contributed by atoms with Crippen molar-refractivity contribution >= 4 is 10.0 Å². The highest BCUT2D eigenvalue weighted by Crippen LogP contribution is 2.24. The van der Waals surface area contributed by atoms with Crippen LogP contribution in [0, 0.1) is 5.82 Å². The van der Waals surface area contributed by atoms with Gasteiger partial charge in [-0.3, -0.25) is 4.68 Å². The molecule has 1 aromatic heterocycles. The maximum Gasteiger partial charge on any atom is 0.240 e. The highest BCUT2D eigenvalue weighted by molar-refractivity contribution is 7.89. The lowest BCUT2D eigenvalue weighted by molar-refractivity contribution is -0.0891. The van der Waals surface area contributed by atoms with Gasteiger partial charge >= 0.3 is 0 Å². The molecule has 1 fully saturated rings. The van der Waals surface area contributed by atoms with Crippen LogP contribution in [0.1, 0.15) is 19.3 Å². The summed E-state index contributed by atoms with van der Waals surface area (Å²) < 4.78 is 48.9. The van der Waals surface area contributed by atoms with E-state index in [0.29, 0.717) is 37.1 Å². The summed E-state index contributed by atoms with van der Waals surface area (Å²) in [4.78, 5) is 0.180. The number of hydrogen-bond acceptors (Lipinski definition) is 6. The van der Waals surface area contributed by atoms with Crippen molar-refractivity contribution in [1.82, 2.24) is 19.7 Å². The number of nitrogens with one attached hydrogen (secondary N) is 1. The Morgan fingerprint density at radius 2 is 1.97 bits per heavy atom. The summed E-state index contributed by atoms with van der Waals surface area (Å²) in [5.74, 6) is -0.333. The van der Waals surface area contributed by atoms with Crippen LogP contribution in [0.3, 0.4) is 0 Å². The van der Waals surface area contributed by atoms with Gasteiger partial charge in [-0.25, -0.2) is 17.5 Å². The lowest BCUT2D eigenvalue weighted by atomic mass is 9.98. The van der Waals surface area contributed by atoms with Crippen molar-refractivity contribution in [3.63, 3.8) is 0 Å². The van der Waals surface area contributed by atoms with E-state index in [-0.39, 0.29) is 23.4 Å². The molecule has 2 N–H and O–H groups in total. The Balaban J connectivity index is 1.33. The first-order chi connectivity index (χ1) is 15.4. The number of aromatic nitrogens is 3. The lowest BCUT2D eigenvalue weighted by Crippen LogP contribution is -2.50. The Bertz CT molecular complexity index is 1140. The van der Waals surface area contributed by atoms with Gasteiger partial charge < -0.3 is 9.84 Å². The molecule has 1 aliphatic rings. The van der Waals surface area contributed by atoms with E-state index in [1.807, 2.05) is 0 Å². The predicted octanol–water partition coefficient (Wildman–Crippen LogP) is 2.36. The van der Waals surface area contributed by atoms with Crippen LogP contribution in [0.4, 0.5) is 4.39 Å². The molecule has 0 spiro atoms. The highest BCUT2D eigenvalue weighted by atomic mass is 32.2. The zero-order valence-electron chi connectivity index (χ0n) is 17.3. The van der Waals surface area contributed by atoms with E-state index in [1.165, 1.54) is 24.3 Å². The van der Waals surface area contributed by atoms with E-state index in [0.717, 1.165) is 0 Å². The fraction of sp³-hybridized carbons (Fsp3) is 0.364. The number of halogens is 1. The molecule has 3 atom stereocenters. The molecule has 1 aliphatic heterocycles. The van der Waals surface area contributed by atoms with Crippen LogP contribution in [0.2, 0.25) is 0 Å². The third-order valence-corrected chi connectivity index (χ3v) is 7.00. The predicted molar refractivity (Wildman–Crippen MR) is 116 cm³/mol. The molecule has 0 aliphatic carbocycles. The third-order valence-electron chi connectivity index (χ3n) is 5.49. The molecule has 8 nitrogen and oxygen atoms in total. The van der Waals surface area contributed by atoms with E-state index in [4.69, 9.17) is 4.74 Å². The van der Waals surface area contributed by atoms with Crippen molar-refractivity contribution in [2.24, 2.45) is 0 Å². The van der Waals surface area contributed by atoms with Crippen molar-refractivity contribution < 1.29 is 22.7 Å². The number of benzene rings is 2. The minimum atomic E-state index is -3.69. The smallest absolute Gasteiger partial charge is 0.240 e. The van der Waals surface area contributed by atoms with Crippen molar-refractivity contribution in [2.45, 2.75) is 49.0 Å². The molecule has 10 heteroatoms. The van der Waals surface area contributed by atoms with Gasteiger partial charge in [-0.15, -0.1) is 5.10 Å². The Labute approximate surface area is 186 Å². The fourth-order valence-electron chi connectivity index (χ4n) is 3.81. The Morgan fingerprint density at radius 3 is 2.72 bits per heavy atom. The monoisotopic (exact) mass is 460 g/mol. The van der Waals surface area contributed by atoms with Gasteiger partial charge in [0, 0.05) is 12.1 Å². The summed E-state index contributed by atoms with van der Waals surface area (Å²) in [5, 5.41) is 17.9. The zero-order valence-corrected chi connectivity index (χ0v) is 18.2.